The molecule has 134 valence electrons. The third kappa shape index (κ3) is 6.89. The van der Waals surface area contributed by atoms with Gasteiger partial charge in [-0.3, -0.25) is 4.99 Å². The smallest absolute Gasteiger partial charge is 0.191 e. The second-order valence-corrected chi connectivity index (χ2v) is 6.12. The van der Waals surface area contributed by atoms with Gasteiger partial charge >= 0.3 is 0 Å². The first-order valence-corrected chi connectivity index (χ1v) is 8.99. The van der Waals surface area contributed by atoms with Crippen molar-refractivity contribution in [1.29, 1.82) is 0 Å². The van der Waals surface area contributed by atoms with Crippen LogP contribution in [0.2, 0.25) is 0 Å². The van der Waals surface area contributed by atoms with E-state index in [4.69, 9.17) is 14.5 Å². The lowest BCUT2D eigenvalue weighted by atomic mass is 10.1. The van der Waals surface area contributed by atoms with Crippen LogP contribution in [0.3, 0.4) is 0 Å². The Labute approximate surface area is 145 Å². The summed E-state index contributed by atoms with van der Waals surface area (Å²) in [5.41, 5.74) is 1.45. The molecule has 2 unspecified atom stereocenters. The highest BCUT2D eigenvalue weighted by Crippen LogP contribution is 2.47. The third-order valence-electron chi connectivity index (χ3n) is 4.17. The maximum Gasteiger partial charge on any atom is 0.191 e. The molecule has 0 aliphatic heterocycles. The van der Waals surface area contributed by atoms with E-state index in [1.165, 1.54) is 12.0 Å². The quantitative estimate of drug-likeness (QED) is 0.371. The maximum absolute atomic E-state index is 5.46. The second kappa shape index (κ2) is 11.0. The molecule has 2 rings (SSSR count). The molecule has 0 heterocycles. The fourth-order valence-corrected chi connectivity index (χ4v) is 2.73. The molecule has 24 heavy (non-hydrogen) atoms. The van der Waals surface area contributed by atoms with Crippen molar-refractivity contribution in [1.82, 2.24) is 10.6 Å². The van der Waals surface area contributed by atoms with Crippen molar-refractivity contribution in [2.24, 2.45) is 10.9 Å². The number of nitrogens with one attached hydrogen (secondary N) is 2. The number of benzene rings is 1. The summed E-state index contributed by atoms with van der Waals surface area (Å²) in [5.74, 6) is 2.28. The molecule has 5 nitrogen and oxygen atoms in total. The minimum atomic E-state index is 0.654. The molecule has 5 heteroatoms. The number of hydrogen-bond donors (Lipinski definition) is 2. The van der Waals surface area contributed by atoms with E-state index < -0.39 is 0 Å². The highest BCUT2D eigenvalue weighted by atomic mass is 16.5. The van der Waals surface area contributed by atoms with Crippen molar-refractivity contribution >= 4 is 5.96 Å². The highest BCUT2D eigenvalue weighted by Gasteiger charge is 2.37. The lowest BCUT2D eigenvalue weighted by molar-refractivity contribution is 0.0698. The zero-order valence-corrected chi connectivity index (χ0v) is 15.0. The largest absolute Gasteiger partial charge is 0.382 e. The summed E-state index contributed by atoms with van der Waals surface area (Å²) in [4.78, 5) is 4.73. The Morgan fingerprint density at radius 2 is 2.00 bits per heavy atom. The summed E-state index contributed by atoms with van der Waals surface area (Å²) >= 11 is 0. The van der Waals surface area contributed by atoms with Gasteiger partial charge in [-0.2, -0.15) is 0 Å². The molecule has 1 saturated carbocycles. The Kier molecular flexibility index (Phi) is 8.63. The summed E-state index contributed by atoms with van der Waals surface area (Å²) in [6.45, 7) is 6.78. The molecule has 1 aliphatic rings. The fraction of sp³-hybridized carbons (Fsp3) is 0.632. The van der Waals surface area contributed by atoms with E-state index in [9.17, 15) is 0 Å². The lowest BCUT2D eigenvalue weighted by Crippen LogP contribution is -2.38. The summed E-state index contributed by atoms with van der Waals surface area (Å²) in [5, 5.41) is 6.69. The molecule has 2 atom stereocenters. The van der Waals surface area contributed by atoms with Crippen LogP contribution < -0.4 is 10.6 Å². The van der Waals surface area contributed by atoms with Crippen LogP contribution in [0.15, 0.2) is 35.3 Å². The molecule has 1 aromatic rings. The van der Waals surface area contributed by atoms with Crippen molar-refractivity contribution in [2.75, 3.05) is 46.6 Å². The Hall–Kier alpha value is -1.59. The van der Waals surface area contributed by atoms with Crippen LogP contribution >= 0.6 is 0 Å². The highest BCUT2D eigenvalue weighted by molar-refractivity contribution is 5.79. The summed E-state index contributed by atoms with van der Waals surface area (Å²) in [7, 11) is 1.69. The van der Waals surface area contributed by atoms with E-state index in [1.54, 1.807) is 7.11 Å². The van der Waals surface area contributed by atoms with Crippen LogP contribution in [0.25, 0.3) is 0 Å². The van der Waals surface area contributed by atoms with Gasteiger partial charge in [-0.15, -0.1) is 0 Å². The minimum absolute atomic E-state index is 0.654. The predicted molar refractivity (Wildman–Crippen MR) is 98.6 cm³/mol. The van der Waals surface area contributed by atoms with E-state index in [0.29, 0.717) is 25.0 Å². The topological polar surface area (TPSA) is 54.9 Å². The van der Waals surface area contributed by atoms with Gasteiger partial charge in [-0.1, -0.05) is 30.3 Å². The van der Waals surface area contributed by atoms with Crippen molar-refractivity contribution < 1.29 is 9.47 Å². The number of hydrogen-bond acceptors (Lipinski definition) is 3. The van der Waals surface area contributed by atoms with E-state index in [1.807, 2.05) is 0 Å². The average molecular weight is 333 g/mol. The summed E-state index contributed by atoms with van der Waals surface area (Å²) in [6, 6.07) is 10.8. The van der Waals surface area contributed by atoms with Gasteiger partial charge in [0.2, 0.25) is 0 Å². The minimum Gasteiger partial charge on any atom is -0.382 e. The number of rotatable bonds is 11. The van der Waals surface area contributed by atoms with Gasteiger partial charge in [0.05, 0.1) is 13.2 Å². The van der Waals surface area contributed by atoms with Gasteiger partial charge in [0.1, 0.15) is 0 Å². The zero-order valence-electron chi connectivity index (χ0n) is 15.0. The number of guanidine groups is 1. The number of ether oxygens (including phenoxy) is 2. The molecule has 2 N–H and O–H groups in total. The van der Waals surface area contributed by atoms with E-state index in [0.717, 1.165) is 38.6 Å². The van der Waals surface area contributed by atoms with Gasteiger partial charge in [-0.05, 0) is 37.2 Å². The van der Waals surface area contributed by atoms with Crippen molar-refractivity contribution in [2.45, 2.75) is 25.7 Å². The first-order chi connectivity index (χ1) is 11.8. The SMILES string of the molecule is CCNC(=NCC1CC1c1ccccc1)NCCCOCCOC. The summed E-state index contributed by atoms with van der Waals surface area (Å²) in [6.07, 6.45) is 2.21. The molecule has 0 aromatic heterocycles. The van der Waals surface area contributed by atoms with Crippen LogP contribution in [0, 0.1) is 5.92 Å². The first kappa shape index (κ1) is 18.7. The lowest BCUT2D eigenvalue weighted by Gasteiger charge is -2.11. The number of nitrogens with zero attached hydrogens (tertiary/aromatic N) is 1. The van der Waals surface area contributed by atoms with Crippen molar-refractivity contribution in [3.8, 4) is 0 Å². The van der Waals surface area contributed by atoms with Crippen molar-refractivity contribution in [3.63, 3.8) is 0 Å². The molecular formula is C19H31N3O2. The van der Waals surface area contributed by atoms with Gasteiger partial charge in [0.15, 0.2) is 5.96 Å². The first-order valence-electron chi connectivity index (χ1n) is 8.99. The van der Waals surface area contributed by atoms with Crippen molar-refractivity contribution in [3.05, 3.63) is 35.9 Å². The monoisotopic (exact) mass is 333 g/mol. The molecule has 1 fully saturated rings. The Morgan fingerprint density at radius 1 is 1.17 bits per heavy atom. The predicted octanol–water partition coefficient (Wildman–Crippen LogP) is 2.40. The Bertz CT molecular complexity index is 479. The molecule has 0 radical (unpaired) electrons. The number of methoxy groups -OCH3 is 1. The van der Waals surface area contributed by atoms with E-state index in [-0.39, 0.29) is 0 Å². The maximum atomic E-state index is 5.46. The van der Waals surface area contributed by atoms with Crippen LogP contribution in [-0.2, 0) is 9.47 Å². The molecule has 0 amide bonds. The molecular weight excluding hydrogens is 302 g/mol. The molecule has 1 aliphatic carbocycles. The summed E-state index contributed by atoms with van der Waals surface area (Å²) < 4.78 is 10.4. The normalized spacial score (nSPS) is 20.0. The molecule has 0 spiro atoms. The van der Waals surface area contributed by atoms with E-state index >= 15 is 0 Å². The molecule has 0 saturated heterocycles. The fourth-order valence-electron chi connectivity index (χ4n) is 2.73. The van der Waals surface area contributed by atoms with Crippen LogP contribution in [0.4, 0.5) is 0 Å². The Morgan fingerprint density at radius 3 is 2.75 bits per heavy atom. The standard InChI is InChI=1S/C19H31N3O2/c1-3-20-19(21-10-7-11-24-13-12-23-2)22-15-17-14-18(17)16-8-5-4-6-9-16/h4-6,8-9,17-18H,3,7,10-15H2,1-2H3,(H2,20,21,22). The molecule has 0 bridgehead atoms. The Balaban J connectivity index is 1.64. The number of aliphatic imine (C=N–C) groups is 1. The third-order valence-corrected chi connectivity index (χ3v) is 4.17. The average Bonchev–Trinajstić information content (AvgIpc) is 3.39. The second-order valence-electron chi connectivity index (χ2n) is 6.12. The van der Waals surface area contributed by atoms with Gasteiger partial charge < -0.3 is 20.1 Å². The van der Waals surface area contributed by atoms with Gasteiger partial charge in [0, 0.05) is 33.4 Å². The van der Waals surface area contributed by atoms with Gasteiger partial charge in [0.25, 0.3) is 0 Å². The van der Waals surface area contributed by atoms with Crippen LogP contribution in [0.5, 0.6) is 0 Å². The zero-order chi connectivity index (χ0) is 17.0. The van der Waals surface area contributed by atoms with Crippen LogP contribution in [0.1, 0.15) is 31.2 Å². The van der Waals surface area contributed by atoms with Crippen LogP contribution in [-0.4, -0.2) is 52.5 Å². The molecule has 1 aromatic carbocycles. The van der Waals surface area contributed by atoms with E-state index in [2.05, 4.69) is 47.9 Å². The van der Waals surface area contributed by atoms with Gasteiger partial charge in [-0.25, -0.2) is 0 Å².